The number of benzene rings is 1. The van der Waals surface area contributed by atoms with E-state index in [1.807, 2.05) is 6.92 Å². The Morgan fingerprint density at radius 2 is 2.15 bits per heavy atom. The van der Waals surface area contributed by atoms with Crippen LogP contribution in [0.15, 0.2) is 30.5 Å². The fourth-order valence-electron chi connectivity index (χ4n) is 2.77. The summed E-state index contributed by atoms with van der Waals surface area (Å²) in [6.45, 7) is 4.37. The number of aryl methyl sites for hydroxylation is 1. The molecule has 2 N–H and O–H groups in total. The predicted octanol–water partition coefficient (Wildman–Crippen LogP) is 2.27. The normalized spacial score (nSPS) is 10.9. The van der Waals surface area contributed by atoms with E-state index in [0.717, 1.165) is 0 Å². The summed E-state index contributed by atoms with van der Waals surface area (Å²) in [6.07, 6.45) is 1.72. The Morgan fingerprint density at radius 3 is 2.88 bits per heavy atom. The molecular weight excluding hydrogens is 337 g/mol. The molecule has 1 amide bonds. The zero-order valence-electron chi connectivity index (χ0n) is 14.8. The molecule has 3 aromatic rings. The highest BCUT2D eigenvalue weighted by Gasteiger charge is 2.19. The van der Waals surface area contributed by atoms with E-state index in [-0.39, 0.29) is 18.2 Å². The van der Waals surface area contributed by atoms with Gasteiger partial charge >= 0.3 is 0 Å². The van der Waals surface area contributed by atoms with E-state index in [4.69, 9.17) is 0 Å². The van der Waals surface area contributed by atoms with Crippen LogP contribution < -0.4 is 10.2 Å². The molecule has 0 aliphatic heterocycles. The van der Waals surface area contributed by atoms with E-state index in [1.165, 1.54) is 18.2 Å². The molecule has 1 aromatic carbocycles. The molecule has 8 heteroatoms. The second-order valence-corrected chi connectivity index (χ2v) is 6.00. The summed E-state index contributed by atoms with van der Waals surface area (Å²) in [4.78, 5) is 18.6. The number of hydrogen-bond acceptors (Lipinski definition) is 5. The van der Waals surface area contributed by atoms with Crippen LogP contribution in [0, 0.1) is 12.7 Å². The Labute approximate surface area is 150 Å². The first kappa shape index (κ1) is 17.7. The number of anilines is 1. The highest BCUT2D eigenvalue weighted by Crippen LogP contribution is 2.23. The number of carbonyl (C=O) groups excluding carboxylic acids is 1. The lowest BCUT2D eigenvalue weighted by Crippen LogP contribution is -2.23. The number of carbonyl (C=O) groups is 1. The van der Waals surface area contributed by atoms with Gasteiger partial charge in [0.25, 0.3) is 5.91 Å². The van der Waals surface area contributed by atoms with Crippen LogP contribution in [0.25, 0.3) is 5.65 Å². The number of nitrogens with zero attached hydrogens (tertiary/aromatic N) is 4. The number of phenolic OH excluding ortho intramolecular Hbond substituents is 1. The number of fused-ring (bicyclic) bond motifs is 1. The average molecular weight is 357 g/mol. The van der Waals surface area contributed by atoms with Gasteiger partial charge in [0.1, 0.15) is 22.9 Å². The molecule has 3 rings (SSSR count). The van der Waals surface area contributed by atoms with E-state index in [2.05, 4.69) is 15.4 Å². The number of nitrogens with one attached hydrogen (secondary N) is 1. The molecule has 0 radical (unpaired) electrons. The summed E-state index contributed by atoms with van der Waals surface area (Å²) in [5.74, 6) is -0.0521. The van der Waals surface area contributed by atoms with Crippen molar-refractivity contribution in [1.82, 2.24) is 19.9 Å². The SMILES string of the molecule is CCNC(=O)c1c(C)nn2ccc(N(C)Cc3cc(F)ccc3O)nc12. The van der Waals surface area contributed by atoms with E-state index in [0.29, 0.717) is 34.8 Å². The molecule has 0 spiro atoms. The van der Waals surface area contributed by atoms with E-state index in [9.17, 15) is 14.3 Å². The van der Waals surface area contributed by atoms with Crippen LogP contribution in [-0.2, 0) is 6.54 Å². The summed E-state index contributed by atoms with van der Waals surface area (Å²) in [5.41, 5.74) is 1.91. The third kappa shape index (κ3) is 3.30. The van der Waals surface area contributed by atoms with Gasteiger partial charge in [0.2, 0.25) is 0 Å². The lowest BCUT2D eigenvalue weighted by Gasteiger charge is -2.19. The monoisotopic (exact) mass is 357 g/mol. The Bertz CT molecular complexity index is 970. The van der Waals surface area contributed by atoms with Gasteiger partial charge in [-0.3, -0.25) is 4.79 Å². The van der Waals surface area contributed by atoms with Crippen LogP contribution in [0.5, 0.6) is 5.75 Å². The molecule has 7 nitrogen and oxygen atoms in total. The Balaban J connectivity index is 1.96. The quantitative estimate of drug-likeness (QED) is 0.732. The molecule has 26 heavy (non-hydrogen) atoms. The zero-order valence-corrected chi connectivity index (χ0v) is 14.8. The summed E-state index contributed by atoms with van der Waals surface area (Å²) in [5, 5.41) is 17.0. The molecule has 0 saturated carbocycles. The van der Waals surface area contributed by atoms with Gasteiger partial charge in [-0.1, -0.05) is 0 Å². The minimum Gasteiger partial charge on any atom is -0.508 e. The number of aromatic hydroxyl groups is 1. The molecule has 2 heterocycles. The largest absolute Gasteiger partial charge is 0.508 e. The zero-order chi connectivity index (χ0) is 18.8. The van der Waals surface area contributed by atoms with Crippen LogP contribution in [0.2, 0.25) is 0 Å². The van der Waals surface area contributed by atoms with Crippen molar-refractivity contribution in [3.05, 3.63) is 53.1 Å². The third-order valence-electron chi connectivity index (χ3n) is 4.05. The smallest absolute Gasteiger partial charge is 0.257 e. The van der Waals surface area contributed by atoms with Crippen molar-refractivity contribution in [3.8, 4) is 5.75 Å². The number of halogens is 1. The molecule has 2 aromatic heterocycles. The molecule has 0 saturated heterocycles. The summed E-state index contributed by atoms with van der Waals surface area (Å²) >= 11 is 0. The van der Waals surface area contributed by atoms with Gasteiger partial charge in [-0.25, -0.2) is 13.9 Å². The number of aromatic nitrogens is 3. The highest BCUT2D eigenvalue weighted by molar-refractivity contribution is 6.01. The molecule has 0 atom stereocenters. The molecular formula is C18H20FN5O2. The van der Waals surface area contributed by atoms with Crippen LogP contribution in [0.1, 0.15) is 28.5 Å². The molecule has 0 bridgehead atoms. The van der Waals surface area contributed by atoms with Crippen molar-refractivity contribution in [1.29, 1.82) is 0 Å². The first-order chi connectivity index (χ1) is 12.4. The number of phenols is 1. The molecule has 0 aliphatic carbocycles. The molecule has 0 fully saturated rings. The fraction of sp³-hybridized carbons (Fsp3) is 0.278. The standard InChI is InChI=1S/C18H20FN5O2/c1-4-20-18(26)16-11(2)22-24-8-7-15(21-17(16)24)23(3)10-12-9-13(19)5-6-14(12)25/h5-9,25H,4,10H2,1-3H3,(H,20,26). The summed E-state index contributed by atoms with van der Waals surface area (Å²) in [6, 6.07) is 5.56. The average Bonchev–Trinajstić information content (AvgIpc) is 2.93. The van der Waals surface area contributed by atoms with Gasteiger partial charge < -0.3 is 15.3 Å². The van der Waals surface area contributed by atoms with Crippen LogP contribution in [0.4, 0.5) is 10.2 Å². The van der Waals surface area contributed by atoms with Crippen molar-refractivity contribution < 1.29 is 14.3 Å². The van der Waals surface area contributed by atoms with Crippen molar-refractivity contribution in [2.24, 2.45) is 0 Å². The van der Waals surface area contributed by atoms with E-state index in [1.54, 1.807) is 35.6 Å². The van der Waals surface area contributed by atoms with Gasteiger partial charge in [-0.15, -0.1) is 0 Å². The van der Waals surface area contributed by atoms with Crippen molar-refractivity contribution in [2.75, 3.05) is 18.5 Å². The number of rotatable bonds is 5. The van der Waals surface area contributed by atoms with Gasteiger partial charge in [0.15, 0.2) is 5.65 Å². The fourth-order valence-corrected chi connectivity index (χ4v) is 2.77. The second-order valence-electron chi connectivity index (χ2n) is 6.00. The third-order valence-corrected chi connectivity index (χ3v) is 4.05. The maximum absolute atomic E-state index is 13.4. The maximum atomic E-state index is 13.4. The van der Waals surface area contributed by atoms with Crippen molar-refractivity contribution in [3.63, 3.8) is 0 Å². The van der Waals surface area contributed by atoms with Crippen molar-refractivity contribution >= 4 is 17.4 Å². The molecule has 0 aliphatic rings. The molecule has 136 valence electrons. The topological polar surface area (TPSA) is 82.8 Å². The van der Waals surface area contributed by atoms with Gasteiger partial charge in [-0.05, 0) is 38.1 Å². The van der Waals surface area contributed by atoms with Crippen LogP contribution in [0.3, 0.4) is 0 Å². The lowest BCUT2D eigenvalue weighted by atomic mass is 10.2. The summed E-state index contributed by atoms with van der Waals surface area (Å²) < 4.78 is 15.0. The Kier molecular flexibility index (Phi) is 4.75. The van der Waals surface area contributed by atoms with E-state index >= 15 is 0 Å². The van der Waals surface area contributed by atoms with E-state index < -0.39 is 5.82 Å². The van der Waals surface area contributed by atoms with Crippen LogP contribution in [-0.4, -0.2) is 39.2 Å². The number of hydrogen-bond donors (Lipinski definition) is 2. The van der Waals surface area contributed by atoms with Crippen LogP contribution >= 0.6 is 0 Å². The van der Waals surface area contributed by atoms with Crippen molar-refractivity contribution in [2.45, 2.75) is 20.4 Å². The van der Waals surface area contributed by atoms with Gasteiger partial charge in [0, 0.05) is 31.9 Å². The number of amides is 1. The maximum Gasteiger partial charge on any atom is 0.257 e. The Hall–Kier alpha value is -3.16. The van der Waals surface area contributed by atoms with Gasteiger partial charge in [0.05, 0.1) is 5.69 Å². The Morgan fingerprint density at radius 1 is 1.38 bits per heavy atom. The summed E-state index contributed by atoms with van der Waals surface area (Å²) in [7, 11) is 1.78. The molecule has 0 unspecified atom stereocenters. The van der Waals surface area contributed by atoms with Gasteiger partial charge in [-0.2, -0.15) is 5.10 Å². The minimum absolute atomic E-state index is 0.0162. The lowest BCUT2D eigenvalue weighted by molar-refractivity contribution is 0.0956. The predicted molar refractivity (Wildman–Crippen MR) is 95.9 cm³/mol. The minimum atomic E-state index is -0.417. The second kappa shape index (κ2) is 6.99. The highest BCUT2D eigenvalue weighted by atomic mass is 19.1. The first-order valence-corrected chi connectivity index (χ1v) is 8.23. The first-order valence-electron chi connectivity index (χ1n) is 8.23.